The first kappa shape index (κ1) is 21.1. The number of aliphatic imine (C=N–C) groups is 1. The van der Waals surface area contributed by atoms with E-state index >= 15 is 0 Å². The van der Waals surface area contributed by atoms with Crippen molar-refractivity contribution in [2.24, 2.45) is 4.99 Å². The molecule has 9 heteroatoms. The maximum absolute atomic E-state index is 12.5. The van der Waals surface area contributed by atoms with Crippen LogP contribution in [0.4, 0.5) is 0 Å². The second-order valence-corrected chi connectivity index (χ2v) is 8.27. The molecule has 0 unspecified atom stereocenters. The summed E-state index contributed by atoms with van der Waals surface area (Å²) in [5.74, 6) is 2.25. The fourth-order valence-electron chi connectivity index (χ4n) is 3.60. The van der Waals surface area contributed by atoms with E-state index in [4.69, 9.17) is 24.4 Å². The van der Waals surface area contributed by atoms with Gasteiger partial charge in [-0.15, -0.1) is 0 Å². The Morgan fingerprint density at radius 3 is 2.85 bits per heavy atom. The smallest absolute Gasteiger partial charge is 0.283 e. The molecule has 3 heterocycles. The van der Waals surface area contributed by atoms with Crippen molar-refractivity contribution in [2.45, 2.75) is 20.5 Å². The summed E-state index contributed by atoms with van der Waals surface area (Å²) in [6, 6.07) is 11.1. The van der Waals surface area contributed by atoms with E-state index in [9.17, 15) is 4.79 Å². The van der Waals surface area contributed by atoms with E-state index in [2.05, 4.69) is 4.99 Å². The predicted molar refractivity (Wildman–Crippen MR) is 126 cm³/mol. The SMILES string of the molecule is CCOc1cc(/C=C2/C(=N)N3C(C)=CSC3=NC2=O)ccc1OCc1ccc2c(c1)OCO2. The van der Waals surface area contributed by atoms with Crippen LogP contribution in [0.25, 0.3) is 6.08 Å². The van der Waals surface area contributed by atoms with E-state index in [1.807, 2.05) is 43.5 Å². The molecule has 0 aliphatic carbocycles. The number of nitrogens with zero attached hydrogens (tertiary/aromatic N) is 2. The predicted octanol–water partition coefficient (Wildman–Crippen LogP) is 4.56. The van der Waals surface area contributed by atoms with Crippen molar-refractivity contribution in [1.29, 1.82) is 5.41 Å². The average molecular weight is 464 g/mol. The van der Waals surface area contributed by atoms with Crippen LogP contribution in [0, 0.1) is 5.41 Å². The molecule has 0 saturated heterocycles. The molecular formula is C24H21N3O5S. The van der Waals surface area contributed by atoms with E-state index in [1.165, 1.54) is 11.8 Å². The minimum atomic E-state index is -0.428. The molecule has 0 spiro atoms. The number of nitrogens with one attached hydrogen (secondary N) is 1. The summed E-state index contributed by atoms with van der Waals surface area (Å²) in [7, 11) is 0. The maximum atomic E-state index is 12.5. The van der Waals surface area contributed by atoms with E-state index in [0.717, 1.165) is 17.0 Å². The number of hydrogen-bond acceptors (Lipinski definition) is 7. The summed E-state index contributed by atoms with van der Waals surface area (Å²) in [5.41, 5.74) is 2.75. The lowest BCUT2D eigenvalue weighted by Gasteiger charge is -2.25. The van der Waals surface area contributed by atoms with E-state index in [-0.39, 0.29) is 18.2 Å². The van der Waals surface area contributed by atoms with Crippen molar-refractivity contribution in [3.63, 3.8) is 0 Å². The van der Waals surface area contributed by atoms with E-state index in [0.29, 0.717) is 41.2 Å². The second kappa shape index (κ2) is 8.67. The highest BCUT2D eigenvalue weighted by molar-refractivity contribution is 8.16. The lowest BCUT2D eigenvalue weighted by atomic mass is 10.1. The topological polar surface area (TPSA) is 93.4 Å². The zero-order valence-corrected chi connectivity index (χ0v) is 18.9. The van der Waals surface area contributed by atoms with Gasteiger partial charge in [-0.05, 0) is 60.7 Å². The third-order valence-corrected chi connectivity index (χ3v) is 6.14. The van der Waals surface area contributed by atoms with Gasteiger partial charge in [-0.25, -0.2) is 0 Å². The largest absolute Gasteiger partial charge is 0.490 e. The number of rotatable bonds is 6. The number of amides is 1. The van der Waals surface area contributed by atoms with Crippen molar-refractivity contribution in [2.75, 3.05) is 13.4 Å². The first-order valence-corrected chi connectivity index (χ1v) is 11.3. The molecular weight excluding hydrogens is 442 g/mol. The molecule has 0 saturated carbocycles. The van der Waals surface area contributed by atoms with E-state index in [1.54, 1.807) is 23.1 Å². The maximum Gasteiger partial charge on any atom is 0.283 e. The zero-order chi connectivity index (χ0) is 22.9. The number of carbonyl (C=O) groups is 1. The standard InChI is InChI=1S/C24H21N3O5S/c1-3-29-20-9-15(8-17-22(25)27-14(2)12-33-24(27)26-23(17)28)4-6-18(20)30-11-16-5-7-19-21(10-16)32-13-31-19/h4-10,12,25H,3,11,13H2,1-2H3/b17-8-,25-22?. The zero-order valence-electron chi connectivity index (χ0n) is 18.1. The first-order valence-electron chi connectivity index (χ1n) is 10.4. The highest BCUT2D eigenvalue weighted by Gasteiger charge is 2.34. The van der Waals surface area contributed by atoms with Gasteiger partial charge in [-0.2, -0.15) is 4.99 Å². The van der Waals surface area contributed by atoms with Crippen molar-refractivity contribution in [3.05, 3.63) is 64.2 Å². The molecule has 3 aliphatic rings. The Labute approximate surface area is 195 Å². The Kier molecular flexibility index (Phi) is 5.55. The molecule has 0 fully saturated rings. The minimum absolute atomic E-state index is 0.116. The lowest BCUT2D eigenvalue weighted by Crippen LogP contribution is -2.37. The van der Waals surface area contributed by atoms with Gasteiger partial charge in [-0.1, -0.05) is 23.9 Å². The molecule has 0 bridgehead atoms. The van der Waals surface area contributed by atoms with Crippen molar-refractivity contribution in [1.82, 2.24) is 4.90 Å². The van der Waals surface area contributed by atoms with Gasteiger partial charge in [0, 0.05) is 5.70 Å². The van der Waals surface area contributed by atoms with Crippen LogP contribution in [0.1, 0.15) is 25.0 Å². The molecule has 5 rings (SSSR count). The van der Waals surface area contributed by atoms with Crippen LogP contribution in [0.15, 0.2) is 58.1 Å². The number of hydrogen-bond donors (Lipinski definition) is 1. The Hall–Kier alpha value is -3.72. The van der Waals surface area contributed by atoms with Gasteiger partial charge in [0.2, 0.25) is 6.79 Å². The number of benzene rings is 2. The monoisotopic (exact) mass is 463 g/mol. The normalized spacial score (nSPS) is 17.8. The minimum Gasteiger partial charge on any atom is -0.490 e. The molecule has 0 atom stereocenters. The Balaban J connectivity index is 1.38. The third-order valence-electron chi connectivity index (χ3n) is 5.20. The number of amidine groups is 2. The Morgan fingerprint density at radius 1 is 1.15 bits per heavy atom. The molecule has 33 heavy (non-hydrogen) atoms. The number of carbonyl (C=O) groups excluding carboxylic acids is 1. The summed E-state index contributed by atoms with van der Waals surface area (Å²) >= 11 is 1.34. The highest BCUT2D eigenvalue weighted by atomic mass is 32.2. The fraction of sp³-hybridized carbons (Fsp3) is 0.208. The first-order chi connectivity index (χ1) is 16.0. The van der Waals surface area contributed by atoms with E-state index < -0.39 is 5.91 Å². The van der Waals surface area contributed by atoms with Crippen molar-refractivity contribution in [3.8, 4) is 23.0 Å². The Bertz CT molecular complexity index is 1250. The number of thioether (sulfide) groups is 1. The van der Waals surface area contributed by atoms with Gasteiger partial charge in [0.25, 0.3) is 5.91 Å². The van der Waals surface area contributed by atoms with Crippen LogP contribution in [-0.2, 0) is 11.4 Å². The van der Waals surface area contributed by atoms with Crippen LogP contribution in [0.5, 0.6) is 23.0 Å². The molecule has 3 aliphatic heterocycles. The fourth-order valence-corrected chi connectivity index (χ4v) is 4.46. The van der Waals surface area contributed by atoms with Crippen LogP contribution in [-0.4, -0.2) is 35.2 Å². The molecule has 168 valence electrons. The average Bonchev–Trinajstić information content (AvgIpc) is 3.42. The highest BCUT2D eigenvalue weighted by Crippen LogP contribution is 2.35. The second-order valence-electron chi connectivity index (χ2n) is 7.43. The van der Waals surface area contributed by atoms with Crippen LogP contribution in [0.2, 0.25) is 0 Å². The molecule has 2 aromatic carbocycles. The Morgan fingerprint density at radius 2 is 2.00 bits per heavy atom. The quantitative estimate of drug-likeness (QED) is 0.628. The van der Waals surface area contributed by atoms with Gasteiger partial charge in [0.1, 0.15) is 12.4 Å². The van der Waals surface area contributed by atoms with Crippen LogP contribution >= 0.6 is 11.8 Å². The summed E-state index contributed by atoms with van der Waals surface area (Å²) in [4.78, 5) is 18.3. The number of fused-ring (bicyclic) bond motifs is 2. The number of ether oxygens (including phenoxy) is 4. The van der Waals surface area contributed by atoms with Gasteiger partial charge in [0.05, 0.1) is 12.2 Å². The molecule has 2 aromatic rings. The van der Waals surface area contributed by atoms with Gasteiger partial charge < -0.3 is 18.9 Å². The van der Waals surface area contributed by atoms with Crippen LogP contribution in [0.3, 0.4) is 0 Å². The molecule has 0 aromatic heterocycles. The summed E-state index contributed by atoms with van der Waals surface area (Å²) < 4.78 is 22.5. The van der Waals surface area contributed by atoms with Crippen molar-refractivity contribution >= 4 is 34.7 Å². The van der Waals surface area contributed by atoms with Crippen LogP contribution < -0.4 is 18.9 Å². The number of allylic oxidation sites excluding steroid dienone is 1. The molecule has 8 nitrogen and oxygen atoms in total. The van der Waals surface area contributed by atoms with Gasteiger partial charge in [0.15, 0.2) is 28.2 Å². The summed E-state index contributed by atoms with van der Waals surface area (Å²) in [6.07, 6.45) is 1.66. The summed E-state index contributed by atoms with van der Waals surface area (Å²) in [5, 5.41) is 10.9. The third kappa shape index (κ3) is 4.07. The van der Waals surface area contributed by atoms with Gasteiger partial charge in [-0.3, -0.25) is 15.1 Å². The summed E-state index contributed by atoms with van der Waals surface area (Å²) in [6.45, 7) is 4.79. The molecule has 0 radical (unpaired) electrons. The van der Waals surface area contributed by atoms with Gasteiger partial charge >= 0.3 is 0 Å². The van der Waals surface area contributed by atoms with Crippen molar-refractivity contribution < 1.29 is 23.7 Å². The molecule has 1 N–H and O–H groups in total. The lowest BCUT2D eigenvalue weighted by molar-refractivity contribution is -0.114. The molecule has 1 amide bonds.